The Morgan fingerprint density at radius 2 is 2.03 bits per heavy atom. The molecular weight excluding hydrogens is 478 g/mol. The highest BCUT2D eigenvalue weighted by Gasteiger charge is 2.40. The molecule has 4 amide bonds. The van der Waals surface area contributed by atoms with Crippen LogP contribution >= 0.6 is 0 Å². The Kier molecular flexibility index (Phi) is 6.68. The van der Waals surface area contributed by atoms with Crippen molar-refractivity contribution in [2.45, 2.75) is 57.8 Å². The summed E-state index contributed by atoms with van der Waals surface area (Å²) in [5.74, 6) is 0.205. The summed E-state index contributed by atoms with van der Waals surface area (Å²) in [6.45, 7) is 3.26. The number of piperidine rings is 1. The number of methoxy groups -OCH3 is 1. The number of rotatable bonds is 6. The van der Waals surface area contributed by atoms with Crippen molar-refractivity contribution < 1.29 is 28.7 Å². The van der Waals surface area contributed by atoms with Gasteiger partial charge >= 0.3 is 6.09 Å². The van der Waals surface area contributed by atoms with Crippen LogP contribution in [0.15, 0.2) is 30.5 Å². The molecule has 3 aliphatic rings. The van der Waals surface area contributed by atoms with Crippen LogP contribution in [0.5, 0.6) is 5.75 Å². The third-order valence-electron chi connectivity index (χ3n) is 7.11. The fourth-order valence-corrected chi connectivity index (χ4v) is 5.16. The van der Waals surface area contributed by atoms with Crippen molar-refractivity contribution in [1.82, 2.24) is 15.2 Å². The van der Waals surface area contributed by atoms with Crippen LogP contribution in [-0.4, -0.2) is 59.4 Å². The first-order chi connectivity index (χ1) is 17.8. The van der Waals surface area contributed by atoms with Crippen molar-refractivity contribution in [3.05, 3.63) is 47.2 Å². The first-order valence-electron chi connectivity index (χ1n) is 12.3. The van der Waals surface area contributed by atoms with Gasteiger partial charge in [-0.2, -0.15) is 0 Å². The van der Waals surface area contributed by atoms with Gasteiger partial charge in [0.05, 0.1) is 25.5 Å². The van der Waals surface area contributed by atoms with Gasteiger partial charge in [0.15, 0.2) is 0 Å². The van der Waals surface area contributed by atoms with Crippen molar-refractivity contribution >= 4 is 35.3 Å². The summed E-state index contributed by atoms with van der Waals surface area (Å²) in [4.78, 5) is 57.5. The van der Waals surface area contributed by atoms with Crippen LogP contribution in [0.25, 0.3) is 0 Å². The summed E-state index contributed by atoms with van der Waals surface area (Å²) in [5, 5.41) is 4.96. The largest absolute Gasteiger partial charge is 0.496 e. The molecule has 37 heavy (non-hydrogen) atoms. The zero-order valence-electron chi connectivity index (χ0n) is 20.8. The second-order valence-corrected chi connectivity index (χ2v) is 9.51. The molecule has 2 atom stereocenters. The van der Waals surface area contributed by atoms with Crippen LogP contribution in [0.2, 0.25) is 0 Å². The number of pyridine rings is 1. The van der Waals surface area contributed by atoms with Gasteiger partial charge in [-0.25, -0.2) is 9.78 Å². The highest BCUT2D eigenvalue weighted by Crippen LogP contribution is 2.35. The lowest BCUT2D eigenvalue weighted by Gasteiger charge is -2.29. The van der Waals surface area contributed by atoms with Gasteiger partial charge in [0, 0.05) is 30.1 Å². The molecule has 0 aliphatic carbocycles. The average molecular weight is 508 g/mol. The summed E-state index contributed by atoms with van der Waals surface area (Å²) in [6, 6.07) is 6.75. The van der Waals surface area contributed by atoms with E-state index in [1.165, 1.54) is 12.0 Å². The number of imide groups is 1. The highest BCUT2D eigenvalue weighted by molar-refractivity contribution is 6.05. The number of carbonyl (C=O) groups is 4. The number of hydrogen-bond acceptors (Lipinski definition) is 8. The lowest BCUT2D eigenvalue weighted by atomic mass is 10.0. The number of ether oxygens (including phenoxy) is 2. The number of nitrogens with zero attached hydrogens (tertiary/aromatic N) is 3. The molecule has 0 radical (unpaired) electrons. The minimum Gasteiger partial charge on any atom is -0.496 e. The zero-order chi connectivity index (χ0) is 26.1. The smallest absolute Gasteiger partial charge is 0.412 e. The Bertz CT molecular complexity index is 1250. The van der Waals surface area contributed by atoms with Crippen LogP contribution in [0.1, 0.15) is 54.1 Å². The van der Waals surface area contributed by atoms with E-state index in [1.54, 1.807) is 24.4 Å². The second kappa shape index (κ2) is 10.1. The quantitative estimate of drug-likeness (QED) is 0.571. The maximum Gasteiger partial charge on any atom is 0.412 e. The van der Waals surface area contributed by atoms with E-state index in [0.717, 1.165) is 25.2 Å². The number of nitrogens with one attached hydrogen (secondary N) is 2. The number of hydrogen-bond donors (Lipinski definition) is 2. The Labute approximate surface area is 214 Å². The third kappa shape index (κ3) is 4.93. The second-order valence-electron chi connectivity index (χ2n) is 9.51. The van der Waals surface area contributed by atoms with Crippen molar-refractivity contribution in [3.8, 4) is 5.75 Å². The number of benzene rings is 1. The molecule has 1 unspecified atom stereocenters. The molecule has 0 bridgehead atoms. The van der Waals surface area contributed by atoms with Crippen molar-refractivity contribution in [2.75, 3.05) is 23.9 Å². The molecule has 3 aliphatic heterocycles. The van der Waals surface area contributed by atoms with Crippen LogP contribution in [-0.2, 0) is 27.5 Å². The van der Waals surface area contributed by atoms with Crippen LogP contribution < -0.4 is 20.3 Å². The molecule has 11 heteroatoms. The first kappa shape index (κ1) is 24.5. The predicted octanol–water partition coefficient (Wildman–Crippen LogP) is 2.59. The van der Waals surface area contributed by atoms with Crippen molar-refractivity contribution in [2.24, 2.45) is 0 Å². The molecule has 1 aromatic heterocycles. The molecule has 0 spiro atoms. The van der Waals surface area contributed by atoms with Gasteiger partial charge in [-0.15, -0.1) is 0 Å². The summed E-state index contributed by atoms with van der Waals surface area (Å²) in [6.07, 6.45) is 3.68. The molecule has 2 N–H and O–H groups in total. The molecule has 1 aromatic carbocycles. The maximum atomic E-state index is 13.1. The molecule has 11 nitrogen and oxygen atoms in total. The molecule has 0 saturated carbocycles. The lowest BCUT2D eigenvalue weighted by molar-refractivity contribution is -0.136. The molecule has 2 fully saturated rings. The van der Waals surface area contributed by atoms with Gasteiger partial charge in [-0.05, 0) is 56.0 Å². The normalized spacial score (nSPS) is 21.1. The van der Waals surface area contributed by atoms with E-state index < -0.39 is 18.0 Å². The van der Waals surface area contributed by atoms with Gasteiger partial charge in [-0.1, -0.05) is 0 Å². The fraction of sp³-hybridized carbons (Fsp3) is 0.423. The number of fused-ring (bicyclic) bond motifs is 1. The van der Waals surface area contributed by atoms with Gasteiger partial charge in [0.2, 0.25) is 11.8 Å². The van der Waals surface area contributed by atoms with E-state index in [1.807, 2.05) is 6.07 Å². The standard InChI is InChI=1S/C26H29N5O6/c1-15-4-3-9-30(15)22-7-5-17(12-27-22)28-26(35)37-14-16-10-18-19(21(11-16)36-2)13-31(25(18)34)20-6-8-23(32)29-24(20)33/h5,7,10-12,15,20H,3-4,6,8-9,13-14H2,1-2H3,(H,28,35)(H,29,32,33)/t15-,20?/m1/s1. The van der Waals surface area contributed by atoms with E-state index in [-0.39, 0.29) is 37.8 Å². The highest BCUT2D eigenvalue weighted by atomic mass is 16.5. The predicted molar refractivity (Wildman–Crippen MR) is 133 cm³/mol. The van der Waals surface area contributed by atoms with E-state index in [0.29, 0.717) is 34.2 Å². The molecule has 2 saturated heterocycles. The van der Waals surface area contributed by atoms with Crippen molar-refractivity contribution in [3.63, 3.8) is 0 Å². The van der Waals surface area contributed by atoms with E-state index in [2.05, 4.69) is 27.4 Å². The average Bonchev–Trinajstić information content (AvgIpc) is 3.46. The molecule has 5 rings (SSSR count). The van der Waals surface area contributed by atoms with Gasteiger partial charge in [-0.3, -0.25) is 25.0 Å². The van der Waals surface area contributed by atoms with E-state index >= 15 is 0 Å². The minimum absolute atomic E-state index is 0.0853. The Morgan fingerprint density at radius 1 is 1.19 bits per heavy atom. The summed E-state index contributed by atoms with van der Waals surface area (Å²) in [7, 11) is 1.49. The van der Waals surface area contributed by atoms with Crippen LogP contribution in [0.4, 0.5) is 16.3 Å². The number of amides is 4. The molecule has 4 heterocycles. The molecular formula is C26H29N5O6. The monoisotopic (exact) mass is 507 g/mol. The Morgan fingerprint density at radius 3 is 2.70 bits per heavy atom. The zero-order valence-corrected chi connectivity index (χ0v) is 20.8. The molecule has 2 aromatic rings. The van der Waals surface area contributed by atoms with Crippen molar-refractivity contribution in [1.29, 1.82) is 0 Å². The van der Waals surface area contributed by atoms with Gasteiger partial charge in [0.25, 0.3) is 5.91 Å². The Hall–Kier alpha value is -4.15. The van der Waals surface area contributed by atoms with Crippen LogP contribution in [0.3, 0.4) is 0 Å². The SMILES string of the molecule is COc1cc(COC(=O)Nc2ccc(N3CCC[C@H]3C)nc2)cc2c1CN(C1CCC(=O)NC1=O)C2=O. The number of anilines is 2. The van der Waals surface area contributed by atoms with E-state index in [9.17, 15) is 19.2 Å². The molecule has 194 valence electrons. The third-order valence-corrected chi connectivity index (χ3v) is 7.11. The summed E-state index contributed by atoms with van der Waals surface area (Å²) >= 11 is 0. The van der Waals surface area contributed by atoms with Gasteiger partial charge < -0.3 is 19.3 Å². The Balaban J connectivity index is 1.22. The first-order valence-corrected chi connectivity index (χ1v) is 12.3. The fourth-order valence-electron chi connectivity index (χ4n) is 5.16. The number of carbonyl (C=O) groups excluding carboxylic acids is 4. The lowest BCUT2D eigenvalue weighted by Crippen LogP contribution is -2.52. The maximum absolute atomic E-state index is 13.1. The van der Waals surface area contributed by atoms with E-state index in [4.69, 9.17) is 9.47 Å². The minimum atomic E-state index is -0.721. The van der Waals surface area contributed by atoms with Gasteiger partial charge in [0.1, 0.15) is 24.2 Å². The van der Waals surface area contributed by atoms with Crippen LogP contribution in [0, 0.1) is 0 Å². The summed E-state index contributed by atoms with van der Waals surface area (Å²) in [5.41, 5.74) is 2.13. The summed E-state index contributed by atoms with van der Waals surface area (Å²) < 4.78 is 10.9. The number of aromatic nitrogens is 1. The topological polar surface area (TPSA) is 130 Å².